The molecular weight excluding hydrogens is 194 g/mol. The maximum absolute atomic E-state index is 11.6. The number of nitrogens with one attached hydrogen (secondary N) is 1. The molecule has 1 amide bonds. The van der Waals surface area contributed by atoms with Gasteiger partial charge in [-0.15, -0.1) is 0 Å². The molecule has 0 unspecified atom stereocenters. The fourth-order valence-electron chi connectivity index (χ4n) is 1.67. The summed E-state index contributed by atoms with van der Waals surface area (Å²) in [5, 5.41) is 12.5. The lowest BCUT2D eigenvalue weighted by atomic mass is 9.80. The molecule has 4 heteroatoms. The first-order chi connectivity index (χ1) is 7.09. The molecule has 0 bridgehead atoms. The number of hydrogen-bond donors (Lipinski definition) is 2. The summed E-state index contributed by atoms with van der Waals surface area (Å²) in [6.45, 7) is 2.12. The van der Waals surface area contributed by atoms with Crippen LogP contribution in [0.4, 0.5) is 0 Å². The maximum atomic E-state index is 11.6. The molecule has 0 saturated heterocycles. The first kappa shape index (κ1) is 10.2. The minimum Gasteiger partial charge on any atom is -0.469 e. The number of aryl methyl sites for hydroxylation is 1. The van der Waals surface area contributed by atoms with Gasteiger partial charge in [-0.25, -0.2) is 0 Å². The molecular formula is C11H15NO3. The Kier molecular flexibility index (Phi) is 2.52. The minimum atomic E-state index is -0.672. The molecule has 2 N–H and O–H groups in total. The van der Waals surface area contributed by atoms with Gasteiger partial charge in [-0.1, -0.05) is 0 Å². The molecule has 0 spiro atoms. The van der Waals surface area contributed by atoms with Gasteiger partial charge in [-0.05, 0) is 32.3 Å². The molecule has 1 aliphatic carbocycles. The molecule has 0 atom stereocenters. The largest absolute Gasteiger partial charge is 0.469 e. The molecule has 1 fully saturated rings. The van der Waals surface area contributed by atoms with Gasteiger partial charge in [0.15, 0.2) is 0 Å². The molecule has 1 heterocycles. The number of hydrogen-bond acceptors (Lipinski definition) is 3. The number of carbonyl (C=O) groups excluding carboxylic acids is 1. The standard InChI is InChI=1S/C11H15NO3/c1-8-5-9(6-15-8)10(13)12-7-11(14)3-2-4-11/h5-6,14H,2-4,7H2,1H3,(H,12,13). The topological polar surface area (TPSA) is 62.5 Å². The lowest BCUT2D eigenvalue weighted by Gasteiger charge is -2.36. The van der Waals surface area contributed by atoms with Gasteiger partial charge < -0.3 is 14.8 Å². The second-order valence-electron chi connectivity index (χ2n) is 4.21. The molecule has 2 rings (SSSR count). The normalized spacial score (nSPS) is 18.3. The molecule has 1 saturated carbocycles. The Balaban J connectivity index is 1.87. The number of furan rings is 1. The van der Waals surface area contributed by atoms with Crippen LogP contribution in [0.15, 0.2) is 16.7 Å². The Labute approximate surface area is 88.3 Å². The van der Waals surface area contributed by atoms with Crippen LogP contribution in [0.1, 0.15) is 35.4 Å². The van der Waals surface area contributed by atoms with Crippen molar-refractivity contribution in [1.29, 1.82) is 0 Å². The van der Waals surface area contributed by atoms with Crippen LogP contribution in [0.25, 0.3) is 0 Å². The van der Waals surface area contributed by atoms with Crippen LogP contribution in [0.2, 0.25) is 0 Å². The number of amides is 1. The summed E-state index contributed by atoms with van der Waals surface area (Å²) in [4.78, 5) is 11.6. The van der Waals surface area contributed by atoms with Crippen LogP contribution in [0.3, 0.4) is 0 Å². The second kappa shape index (κ2) is 3.70. The van der Waals surface area contributed by atoms with Crippen LogP contribution < -0.4 is 5.32 Å². The SMILES string of the molecule is Cc1cc(C(=O)NCC2(O)CCC2)co1. The third-order valence-corrected chi connectivity index (χ3v) is 2.86. The van der Waals surface area contributed by atoms with Gasteiger partial charge in [0.05, 0.1) is 11.2 Å². The molecule has 4 nitrogen and oxygen atoms in total. The van der Waals surface area contributed by atoms with Crippen LogP contribution in [-0.2, 0) is 0 Å². The predicted octanol–water partition coefficient (Wildman–Crippen LogP) is 1.23. The van der Waals surface area contributed by atoms with Gasteiger partial charge in [0.25, 0.3) is 5.91 Å². The highest BCUT2D eigenvalue weighted by Gasteiger charge is 2.34. The summed E-state index contributed by atoms with van der Waals surface area (Å²) in [5.74, 6) is 0.523. The van der Waals surface area contributed by atoms with Crippen molar-refractivity contribution in [2.45, 2.75) is 31.8 Å². The lowest BCUT2D eigenvalue weighted by molar-refractivity contribution is -0.0300. The van der Waals surface area contributed by atoms with Crippen molar-refractivity contribution in [1.82, 2.24) is 5.32 Å². The highest BCUT2D eigenvalue weighted by Crippen LogP contribution is 2.30. The van der Waals surface area contributed by atoms with E-state index < -0.39 is 5.60 Å². The average Bonchev–Trinajstić information content (AvgIpc) is 2.58. The van der Waals surface area contributed by atoms with Crippen molar-refractivity contribution < 1.29 is 14.3 Å². The first-order valence-electron chi connectivity index (χ1n) is 5.15. The molecule has 15 heavy (non-hydrogen) atoms. The van der Waals surface area contributed by atoms with E-state index in [1.54, 1.807) is 13.0 Å². The summed E-state index contributed by atoms with van der Waals surface area (Å²) >= 11 is 0. The van der Waals surface area contributed by atoms with Gasteiger partial charge >= 0.3 is 0 Å². The number of carbonyl (C=O) groups is 1. The van der Waals surface area contributed by atoms with Crippen molar-refractivity contribution in [3.8, 4) is 0 Å². The van der Waals surface area contributed by atoms with E-state index >= 15 is 0 Å². The molecule has 0 aliphatic heterocycles. The quantitative estimate of drug-likeness (QED) is 0.787. The molecule has 1 aliphatic rings. The Hall–Kier alpha value is -1.29. The van der Waals surface area contributed by atoms with E-state index in [0.29, 0.717) is 17.9 Å². The lowest BCUT2D eigenvalue weighted by Crippen LogP contribution is -2.47. The summed E-state index contributed by atoms with van der Waals surface area (Å²) in [6, 6.07) is 1.68. The highest BCUT2D eigenvalue weighted by atomic mass is 16.3. The van der Waals surface area contributed by atoms with E-state index in [2.05, 4.69) is 5.32 Å². The zero-order valence-electron chi connectivity index (χ0n) is 8.75. The molecule has 0 radical (unpaired) electrons. The van der Waals surface area contributed by atoms with Gasteiger partial charge in [0, 0.05) is 6.54 Å². The summed E-state index contributed by atoms with van der Waals surface area (Å²) in [7, 11) is 0. The Morgan fingerprint density at radius 3 is 2.87 bits per heavy atom. The van der Waals surface area contributed by atoms with Crippen molar-refractivity contribution in [3.05, 3.63) is 23.7 Å². The van der Waals surface area contributed by atoms with Crippen LogP contribution in [0, 0.1) is 6.92 Å². The zero-order chi connectivity index (χ0) is 10.9. The van der Waals surface area contributed by atoms with Crippen LogP contribution in [-0.4, -0.2) is 23.2 Å². The number of aliphatic hydroxyl groups is 1. The van der Waals surface area contributed by atoms with Crippen molar-refractivity contribution in [2.75, 3.05) is 6.54 Å². The Bertz CT molecular complexity index is 366. The van der Waals surface area contributed by atoms with Crippen molar-refractivity contribution in [2.24, 2.45) is 0 Å². The Morgan fingerprint density at radius 2 is 2.40 bits per heavy atom. The van der Waals surface area contributed by atoms with E-state index in [1.807, 2.05) is 0 Å². The van der Waals surface area contributed by atoms with E-state index in [-0.39, 0.29) is 5.91 Å². The van der Waals surface area contributed by atoms with E-state index in [0.717, 1.165) is 19.3 Å². The van der Waals surface area contributed by atoms with Crippen molar-refractivity contribution >= 4 is 5.91 Å². The summed E-state index contributed by atoms with van der Waals surface area (Å²) in [5.41, 5.74) is -0.163. The van der Waals surface area contributed by atoms with E-state index in [1.165, 1.54) is 6.26 Å². The summed E-state index contributed by atoms with van der Waals surface area (Å²) in [6.07, 6.45) is 4.02. The minimum absolute atomic E-state index is 0.188. The van der Waals surface area contributed by atoms with Gasteiger partial charge in [-0.3, -0.25) is 4.79 Å². The molecule has 1 aromatic rings. The molecule has 82 valence electrons. The summed E-state index contributed by atoms with van der Waals surface area (Å²) < 4.78 is 5.03. The second-order valence-corrected chi connectivity index (χ2v) is 4.21. The smallest absolute Gasteiger partial charge is 0.254 e. The average molecular weight is 209 g/mol. The molecule has 1 aromatic heterocycles. The zero-order valence-corrected chi connectivity index (χ0v) is 8.75. The Morgan fingerprint density at radius 1 is 1.67 bits per heavy atom. The van der Waals surface area contributed by atoms with Gasteiger partial charge in [-0.2, -0.15) is 0 Å². The highest BCUT2D eigenvalue weighted by molar-refractivity contribution is 5.93. The van der Waals surface area contributed by atoms with Crippen LogP contribution in [0.5, 0.6) is 0 Å². The first-order valence-corrected chi connectivity index (χ1v) is 5.15. The monoisotopic (exact) mass is 209 g/mol. The van der Waals surface area contributed by atoms with Crippen LogP contribution >= 0.6 is 0 Å². The fraction of sp³-hybridized carbons (Fsp3) is 0.545. The predicted molar refractivity (Wildman–Crippen MR) is 54.6 cm³/mol. The molecule has 0 aromatic carbocycles. The van der Waals surface area contributed by atoms with E-state index in [4.69, 9.17) is 4.42 Å². The maximum Gasteiger partial charge on any atom is 0.254 e. The number of rotatable bonds is 3. The van der Waals surface area contributed by atoms with Gasteiger partial charge in [0.2, 0.25) is 0 Å². The third kappa shape index (κ3) is 2.21. The third-order valence-electron chi connectivity index (χ3n) is 2.86. The van der Waals surface area contributed by atoms with E-state index in [9.17, 15) is 9.90 Å². The fourth-order valence-corrected chi connectivity index (χ4v) is 1.67. The van der Waals surface area contributed by atoms with Crippen molar-refractivity contribution in [3.63, 3.8) is 0 Å². The van der Waals surface area contributed by atoms with Gasteiger partial charge in [0.1, 0.15) is 12.0 Å².